The first-order valence-electron chi connectivity index (χ1n) is 6.37. The van der Waals surface area contributed by atoms with Crippen LogP contribution in [0.1, 0.15) is 5.56 Å². The average Bonchev–Trinajstić information content (AvgIpc) is 2.50. The standard InChI is InChI=1S/C14H10Cl3NO5P/c1-7-3-11(18(19)20)13(24(21)22-2)6-12(7)23-14-9(16)4-8(15)5-10(14)17/h3-6H,1-2H3/q+1. The van der Waals surface area contributed by atoms with Gasteiger partial charge in [0.2, 0.25) is 0 Å². The van der Waals surface area contributed by atoms with E-state index in [4.69, 9.17) is 44.1 Å². The van der Waals surface area contributed by atoms with Crippen molar-refractivity contribution in [1.82, 2.24) is 0 Å². The minimum Gasteiger partial charge on any atom is -0.454 e. The highest BCUT2D eigenvalue weighted by Gasteiger charge is 2.34. The Bertz CT molecular complexity index is 820. The number of halogens is 3. The van der Waals surface area contributed by atoms with Gasteiger partial charge in [0, 0.05) is 17.2 Å². The molecule has 0 N–H and O–H groups in total. The summed E-state index contributed by atoms with van der Waals surface area (Å²) in [5.41, 5.74) is 0.114. The summed E-state index contributed by atoms with van der Waals surface area (Å²) in [6, 6.07) is 5.41. The summed E-state index contributed by atoms with van der Waals surface area (Å²) >= 11 is 18.0. The van der Waals surface area contributed by atoms with E-state index < -0.39 is 13.0 Å². The fourth-order valence-electron chi connectivity index (χ4n) is 1.90. The molecule has 0 radical (unpaired) electrons. The van der Waals surface area contributed by atoms with Gasteiger partial charge in [0.25, 0.3) is 0 Å². The summed E-state index contributed by atoms with van der Waals surface area (Å²) < 4.78 is 22.3. The van der Waals surface area contributed by atoms with Gasteiger partial charge in [-0.05, 0) is 29.2 Å². The third kappa shape index (κ3) is 3.97. The number of aryl methyl sites for hydroxylation is 1. The maximum absolute atomic E-state index is 11.9. The Hall–Kier alpha value is -1.43. The molecule has 2 aromatic carbocycles. The Morgan fingerprint density at radius 1 is 1.12 bits per heavy atom. The molecule has 0 heterocycles. The van der Waals surface area contributed by atoms with Crippen molar-refractivity contribution in [2.24, 2.45) is 0 Å². The normalized spacial score (nSPS) is 11.3. The van der Waals surface area contributed by atoms with Crippen molar-refractivity contribution in [2.75, 3.05) is 7.11 Å². The first kappa shape index (κ1) is 18.9. The molecule has 1 atom stereocenters. The van der Waals surface area contributed by atoms with Gasteiger partial charge >= 0.3 is 19.0 Å². The Morgan fingerprint density at radius 2 is 1.71 bits per heavy atom. The van der Waals surface area contributed by atoms with Gasteiger partial charge in [0.05, 0.1) is 22.1 Å². The zero-order chi connectivity index (χ0) is 18.0. The van der Waals surface area contributed by atoms with Gasteiger partial charge in [-0.15, -0.1) is 4.52 Å². The van der Waals surface area contributed by atoms with Crippen molar-refractivity contribution in [3.05, 3.63) is 55.0 Å². The molecule has 0 amide bonds. The fraction of sp³-hybridized carbons (Fsp3) is 0.143. The van der Waals surface area contributed by atoms with Crippen LogP contribution in [0.5, 0.6) is 11.5 Å². The zero-order valence-electron chi connectivity index (χ0n) is 12.4. The molecule has 1 unspecified atom stereocenters. The predicted octanol–water partition coefficient (Wildman–Crippen LogP) is 5.67. The first-order valence-corrected chi connectivity index (χ1v) is 8.68. The second-order valence-electron chi connectivity index (χ2n) is 4.60. The number of hydrogen-bond donors (Lipinski definition) is 0. The van der Waals surface area contributed by atoms with Gasteiger partial charge in [0.15, 0.2) is 5.75 Å². The number of benzene rings is 2. The number of nitro benzene ring substituents is 1. The molecule has 0 aromatic heterocycles. The van der Waals surface area contributed by atoms with Crippen molar-refractivity contribution in [3.63, 3.8) is 0 Å². The van der Waals surface area contributed by atoms with Crippen LogP contribution in [0.25, 0.3) is 0 Å². The summed E-state index contributed by atoms with van der Waals surface area (Å²) in [6.45, 7) is 1.60. The fourth-order valence-corrected chi connectivity index (χ4v) is 3.55. The second-order valence-corrected chi connectivity index (χ2v) is 7.22. The summed E-state index contributed by atoms with van der Waals surface area (Å²) in [5, 5.41) is 11.7. The van der Waals surface area contributed by atoms with Gasteiger partial charge in [-0.25, -0.2) is 0 Å². The van der Waals surface area contributed by atoms with Gasteiger partial charge in [0.1, 0.15) is 5.75 Å². The highest BCUT2D eigenvalue weighted by Crippen LogP contribution is 2.40. The zero-order valence-corrected chi connectivity index (χ0v) is 15.5. The molecule has 0 fully saturated rings. The van der Waals surface area contributed by atoms with Crippen LogP contribution < -0.4 is 10.0 Å². The Morgan fingerprint density at radius 3 is 2.21 bits per heavy atom. The van der Waals surface area contributed by atoms with Gasteiger partial charge in [-0.3, -0.25) is 10.1 Å². The molecule has 0 saturated heterocycles. The molecule has 24 heavy (non-hydrogen) atoms. The first-order chi connectivity index (χ1) is 11.2. The molecule has 2 aromatic rings. The summed E-state index contributed by atoms with van der Waals surface area (Å²) in [7, 11) is -1.22. The third-order valence-electron chi connectivity index (χ3n) is 3.01. The summed E-state index contributed by atoms with van der Waals surface area (Å²) in [6.07, 6.45) is 0. The van der Waals surface area contributed by atoms with Crippen molar-refractivity contribution in [3.8, 4) is 11.5 Å². The molecular weight excluding hydrogens is 399 g/mol. The summed E-state index contributed by atoms with van der Waals surface area (Å²) in [5.74, 6) is 0.348. The number of rotatable bonds is 5. The minimum absolute atomic E-state index is 0.0979. The molecule has 0 aliphatic carbocycles. The van der Waals surface area contributed by atoms with E-state index in [2.05, 4.69) is 0 Å². The SMILES string of the molecule is CO[P+](=O)c1cc(Oc2c(Cl)cc(Cl)cc2Cl)c(C)cc1[N+](=O)[O-]. The van der Waals surface area contributed by atoms with Crippen molar-refractivity contribution in [1.29, 1.82) is 0 Å². The summed E-state index contributed by atoms with van der Waals surface area (Å²) in [4.78, 5) is 10.5. The van der Waals surface area contributed by atoms with Crippen molar-refractivity contribution < 1.29 is 18.7 Å². The second kappa shape index (κ2) is 7.64. The quantitative estimate of drug-likeness (QED) is 0.361. The molecular formula is C14H10Cl3NO5P+. The number of nitro groups is 1. The lowest BCUT2D eigenvalue weighted by molar-refractivity contribution is -0.383. The Balaban J connectivity index is 2.56. The van der Waals surface area contributed by atoms with Gasteiger partial charge in [-0.1, -0.05) is 34.8 Å². The maximum Gasteiger partial charge on any atom is 0.556 e. The lowest BCUT2D eigenvalue weighted by atomic mass is 10.2. The van der Waals surface area contributed by atoms with Crippen LogP contribution in [0, 0.1) is 17.0 Å². The third-order valence-corrected chi connectivity index (χ3v) is 4.87. The van der Waals surface area contributed by atoms with Gasteiger partial charge in [-0.2, -0.15) is 0 Å². The van der Waals surface area contributed by atoms with Crippen LogP contribution >= 0.6 is 42.8 Å². The van der Waals surface area contributed by atoms with E-state index in [1.165, 1.54) is 31.4 Å². The van der Waals surface area contributed by atoms with Gasteiger partial charge < -0.3 is 4.74 Å². The lowest BCUT2D eigenvalue weighted by Crippen LogP contribution is -2.08. The smallest absolute Gasteiger partial charge is 0.454 e. The number of ether oxygens (including phenoxy) is 1. The van der Waals surface area contributed by atoms with Crippen LogP contribution in [0.4, 0.5) is 5.69 Å². The maximum atomic E-state index is 11.9. The monoisotopic (exact) mass is 408 g/mol. The van der Waals surface area contributed by atoms with Crippen LogP contribution in [-0.2, 0) is 9.09 Å². The van der Waals surface area contributed by atoms with E-state index in [1.807, 2.05) is 0 Å². The molecule has 126 valence electrons. The largest absolute Gasteiger partial charge is 0.556 e. The minimum atomic E-state index is -2.41. The van der Waals surface area contributed by atoms with Crippen molar-refractivity contribution >= 4 is 53.8 Å². The Labute approximate surface area is 153 Å². The molecule has 0 aliphatic heterocycles. The molecule has 0 bridgehead atoms. The van der Waals surface area contributed by atoms with E-state index >= 15 is 0 Å². The lowest BCUT2D eigenvalue weighted by Gasteiger charge is -2.12. The molecule has 6 nitrogen and oxygen atoms in total. The molecule has 10 heteroatoms. The highest BCUT2D eigenvalue weighted by atomic mass is 35.5. The van der Waals surface area contributed by atoms with Crippen LogP contribution in [0.15, 0.2) is 24.3 Å². The Kier molecular flexibility index (Phi) is 6.01. The number of hydrogen-bond acceptors (Lipinski definition) is 5. The van der Waals surface area contributed by atoms with E-state index in [0.717, 1.165) is 0 Å². The van der Waals surface area contributed by atoms with E-state index in [1.54, 1.807) is 6.92 Å². The predicted molar refractivity (Wildman–Crippen MR) is 93.6 cm³/mol. The van der Waals surface area contributed by atoms with E-state index in [0.29, 0.717) is 10.6 Å². The number of nitrogens with zero attached hydrogens (tertiary/aromatic N) is 1. The molecule has 0 aliphatic rings. The molecule has 0 saturated carbocycles. The van der Waals surface area contributed by atoms with E-state index in [-0.39, 0.29) is 32.5 Å². The van der Waals surface area contributed by atoms with E-state index in [9.17, 15) is 14.7 Å². The van der Waals surface area contributed by atoms with Crippen LogP contribution in [0.2, 0.25) is 15.1 Å². The molecule has 2 rings (SSSR count). The van der Waals surface area contributed by atoms with Crippen LogP contribution in [-0.4, -0.2) is 12.0 Å². The highest BCUT2D eigenvalue weighted by molar-refractivity contribution is 7.48. The van der Waals surface area contributed by atoms with Crippen LogP contribution in [0.3, 0.4) is 0 Å². The average molecular weight is 410 g/mol. The van der Waals surface area contributed by atoms with Crippen molar-refractivity contribution in [2.45, 2.75) is 6.92 Å². The molecule has 0 spiro atoms. The topological polar surface area (TPSA) is 78.7 Å².